The summed E-state index contributed by atoms with van der Waals surface area (Å²) in [4.78, 5) is 21.1. The molecular formula is C22H23BrN4O. The van der Waals surface area contributed by atoms with Gasteiger partial charge in [0.2, 0.25) is 5.91 Å². The Balaban J connectivity index is 1.61. The number of hydrogen-bond donors (Lipinski definition) is 2. The van der Waals surface area contributed by atoms with Crippen LogP contribution in [-0.4, -0.2) is 29.0 Å². The minimum atomic E-state index is -0.425. The fourth-order valence-corrected chi connectivity index (χ4v) is 3.46. The topological polar surface area (TPSA) is 66.9 Å². The monoisotopic (exact) mass is 438 g/mol. The molecule has 0 unspecified atom stereocenters. The SMILES string of the molecule is O=C(NCCc1cccnc1)[C@H](NCCc1ccncc1)c1ccccc1Br. The fraction of sp³-hybridized carbons (Fsp3) is 0.227. The normalized spacial score (nSPS) is 11.8. The second-order valence-corrected chi connectivity index (χ2v) is 7.27. The predicted molar refractivity (Wildman–Crippen MR) is 114 cm³/mol. The van der Waals surface area contributed by atoms with Gasteiger partial charge in [0, 0.05) is 42.3 Å². The van der Waals surface area contributed by atoms with E-state index in [-0.39, 0.29) is 5.91 Å². The van der Waals surface area contributed by atoms with E-state index in [2.05, 4.69) is 36.5 Å². The number of rotatable bonds is 9. The molecule has 0 aliphatic carbocycles. The summed E-state index contributed by atoms with van der Waals surface area (Å²) in [6.45, 7) is 1.25. The van der Waals surface area contributed by atoms with Crippen LogP contribution in [0, 0.1) is 0 Å². The molecule has 0 saturated carbocycles. The van der Waals surface area contributed by atoms with Gasteiger partial charge < -0.3 is 10.6 Å². The molecule has 28 heavy (non-hydrogen) atoms. The van der Waals surface area contributed by atoms with E-state index < -0.39 is 6.04 Å². The lowest BCUT2D eigenvalue weighted by atomic mass is 10.1. The molecule has 1 aromatic carbocycles. The van der Waals surface area contributed by atoms with E-state index in [1.807, 2.05) is 54.7 Å². The Hall–Kier alpha value is -2.57. The lowest BCUT2D eigenvalue weighted by molar-refractivity contribution is -0.123. The first-order valence-corrected chi connectivity index (χ1v) is 10.1. The Morgan fingerprint density at radius 2 is 1.68 bits per heavy atom. The number of aromatic nitrogens is 2. The van der Waals surface area contributed by atoms with Crippen LogP contribution in [0.2, 0.25) is 0 Å². The van der Waals surface area contributed by atoms with Gasteiger partial charge in [0.25, 0.3) is 0 Å². The summed E-state index contributed by atoms with van der Waals surface area (Å²) in [6, 6.07) is 15.3. The standard InChI is InChI=1S/C22H23BrN4O/c23-20-6-2-1-5-19(20)21(26-14-9-17-7-12-24-13-8-17)22(28)27-15-10-18-4-3-11-25-16-18/h1-8,11-13,16,21,26H,9-10,14-15H2,(H,27,28)/t21-/m1/s1. The molecule has 6 heteroatoms. The molecule has 2 N–H and O–H groups in total. The summed E-state index contributed by atoms with van der Waals surface area (Å²) >= 11 is 3.57. The molecule has 0 aliphatic heterocycles. The van der Waals surface area contributed by atoms with Crippen molar-refractivity contribution in [3.63, 3.8) is 0 Å². The Morgan fingerprint density at radius 3 is 2.43 bits per heavy atom. The summed E-state index contributed by atoms with van der Waals surface area (Å²) in [5.74, 6) is -0.0366. The van der Waals surface area contributed by atoms with Crippen molar-refractivity contribution in [1.82, 2.24) is 20.6 Å². The summed E-state index contributed by atoms with van der Waals surface area (Å²) in [6.07, 6.45) is 8.71. The van der Waals surface area contributed by atoms with Crippen LogP contribution >= 0.6 is 15.9 Å². The number of hydrogen-bond acceptors (Lipinski definition) is 4. The number of halogens is 1. The number of benzene rings is 1. The summed E-state index contributed by atoms with van der Waals surface area (Å²) < 4.78 is 0.916. The highest BCUT2D eigenvalue weighted by Crippen LogP contribution is 2.23. The molecule has 0 aliphatic rings. The van der Waals surface area contributed by atoms with Gasteiger partial charge in [0.1, 0.15) is 6.04 Å². The van der Waals surface area contributed by atoms with E-state index in [0.29, 0.717) is 13.1 Å². The smallest absolute Gasteiger partial charge is 0.241 e. The summed E-state index contributed by atoms with van der Waals surface area (Å²) in [5, 5.41) is 6.44. The first-order valence-electron chi connectivity index (χ1n) is 9.27. The average Bonchev–Trinajstić information content (AvgIpc) is 2.73. The van der Waals surface area contributed by atoms with Gasteiger partial charge in [-0.05, 0) is 53.8 Å². The van der Waals surface area contributed by atoms with Crippen molar-refractivity contribution in [3.8, 4) is 0 Å². The Kier molecular flexibility index (Phi) is 7.70. The molecule has 1 amide bonds. The minimum Gasteiger partial charge on any atom is -0.354 e. The lowest BCUT2D eigenvalue weighted by Crippen LogP contribution is -2.39. The molecule has 0 fully saturated rings. The first-order chi connectivity index (χ1) is 13.7. The van der Waals surface area contributed by atoms with Gasteiger partial charge in [-0.2, -0.15) is 0 Å². The highest BCUT2D eigenvalue weighted by molar-refractivity contribution is 9.10. The molecule has 5 nitrogen and oxygen atoms in total. The van der Waals surface area contributed by atoms with Gasteiger partial charge in [-0.15, -0.1) is 0 Å². The van der Waals surface area contributed by atoms with Gasteiger partial charge in [-0.25, -0.2) is 0 Å². The van der Waals surface area contributed by atoms with Crippen LogP contribution in [0.3, 0.4) is 0 Å². The lowest BCUT2D eigenvalue weighted by Gasteiger charge is -2.20. The van der Waals surface area contributed by atoms with Crippen LogP contribution in [0.25, 0.3) is 0 Å². The number of carbonyl (C=O) groups excluding carboxylic acids is 1. The molecule has 0 radical (unpaired) electrons. The molecule has 0 spiro atoms. The number of carbonyl (C=O) groups is 1. The predicted octanol–water partition coefficient (Wildman–Crippen LogP) is 3.47. The van der Waals surface area contributed by atoms with Crippen molar-refractivity contribution in [2.75, 3.05) is 13.1 Å². The Morgan fingerprint density at radius 1 is 0.893 bits per heavy atom. The third kappa shape index (κ3) is 5.97. The van der Waals surface area contributed by atoms with Crippen molar-refractivity contribution >= 4 is 21.8 Å². The van der Waals surface area contributed by atoms with Crippen molar-refractivity contribution < 1.29 is 4.79 Å². The van der Waals surface area contributed by atoms with Gasteiger partial charge in [-0.3, -0.25) is 14.8 Å². The van der Waals surface area contributed by atoms with Crippen molar-refractivity contribution in [2.24, 2.45) is 0 Å². The van der Waals surface area contributed by atoms with Crippen molar-refractivity contribution in [1.29, 1.82) is 0 Å². The van der Waals surface area contributed by atoms with E-state index in [1.54, 1.807) is 18.6 Å². The fourth-order valence-electron chi connectivity index (χ4n) is 2.94. The highest BCUT2D eigenvalue weighted by Gasteiger charge is 2.21. The second-order valence-electron chi connectivity index (χ2n) is 6.42. The highest BCUT2D eigenvalue weighted by atomic mass is 79.9. The third-order valence-corrected chi connectivity index (χ3v) is 5.15. The van der Waals surface area contributed by atoms with Crippen LogP contribution in [0.4, 0.5) is 0 Å². The molecule has 2 heterocycles. The quantitative estimate of drug-likeness (QED) is 0.536. The summed E-state index contributed by atoms with van der Waals surface area (Å²) in [7, 11) is 0. The summed E-state index contributed by atoms with van der Waals surface area (Å²) in [5.41, 5.74) is 3.22. The molecule has 3 aromatic rings. The van der Waals surface area contributed by atoms with Crippen LogP contribution in [0.1, 0.15) is 22.7 Å². The maximum Gasteiger partial charge on any atom is 0.241 e. The second kappa shape index (κ2) is 10.7. The van der Waals surface area contributed by atoms with Gasteiger partial charge in [0.15, 0.2) is 0 Å². The van der Waals surface area contributed by atoms with Crippen LogP contribution in [-0.2, 0) is 17.6 Å². The average molecular weight is 439 g/mol. The number of amides is 1. The van der Waals surface area contributed by atoms with Crippen LogP contribution in [0.5, 0.6) is 0 Å². The van der Waals surface area contributed by atoms with Gasteiger partial charge in [0.05, 0.1) is 0 Å². The van der Waals surface area contributed by atoms with Crippen LogP contribution in [0.15, 0.2) is 77.8 Å². The number of pyridine rings is 2. The first kappa shape index (κ1) is 20.2. The van der Waals surface area contributed by atoms with Crippen molar-refractivity contribution in [3.05, 3.63) is 94.5 Å². The Labute approximate surface area is 173 Å². The van der Waals surface area contributed by atoms with Crippen molar-refractivity contribution in [2.45, 2.75) is 18.9 Å². The van der Waals surface area contributed by atoms with E-state index in [1.165, 1.54) is 5.56 Å². The van der Waals surface area contributed by atoms with E-state index in [0.717, 1.165) is 28.4 Å². The minimum absolute atomic E-state index is 0.0366. The van der Waals surface area contributed by atoms with Gasteiger partial charge in [-0.1, -0.05) is 40.2 Å². The molecule has 2 aromatic heterocycles. The maximum absolute atomic E-state index is 12.9. The molecule has 1 atom stereocenters. The van der Waals surface area contributed by atoms with E-state index in [4.69, 9.17) is 0 Å². The zero-order valence-corrected chi connectivity index (χ0v) is 17.1. The molecule has 3 rings (SSSR count). The molecule has 0 saturated heterocycles. The zero-order chi connectivity index (χ0) is 19.6. The molecule has 0 bridgehead atoms. The number of nitrogens with zero attached hydrogens (tertiary/aromatic N) is 2. The third-order valence-electron chi connectivity index (χ3n) is 4.43. The largest absolute Gasteiger partial charge is 0.354 e. The number of nitrogens with one attached hydrogen (secondary N) is 2. The zero-order valence-electron chi connectivity index (χ0n) is 15.5. The maximum atomic E-state index is 12.9. The van der Waals surface area contributed by atoms with Gasteiger partial charge >= 0.3 is 0 Å². The van der Waals surface area contributed by atoms with E-state index >= 15 is 0 Å². The molecule has 144 valence electrons. The van der Waals surface area contributed by atoms with Crippen LogP contribution < -0.4 is 10.6 Å². The van der Waals surface area contributed by atoms with E-state index in [9.17, 15) is 4.79 Å². The molecular weight excluding hydrogens is 416 g/mol. The Bertz CT molecular complexity index is 874.